The van der Waals surface area contributed by atoms with Crippen molar-refractivity contribution in [1.82, 2.24) is 10.3 Å². The molecule has 2 aliphatic rings. The number of nitrogens with zero attached hydrogens (tertiary/aromatic N) is 2. The van der Waals surface area contributed by atoms with Crippen LogP contribution in [-0.2, 0) is 4.79 Å². The monoisotopic (exact) mass is 277 g/mol. The maximum atomic E-state index is 13.2. The second-order valence-corrected chi connectivity index (χ2v) is 4.94. The molecule has 1 aromatic carbocycles. The topological polar surface area (TPSA) is 53.9 Å². The van der Waals surface area contributed by atoms with E-state index >= 15 is 0 Å². The lowest BCUT2D eigenvalue weighted by Crippen LogP contribution is -2.58. The van der Waals surface area contributed by atoms with Gasteiger partial charge in [0, 0.05) is 37.6 Å². The van der Waals surface area contributed by atoms with Gasteiger partial charge in [-0.25, -0.2) is 9.40 Å². The fourth-order valence-electron chi connectivity index (χ4n) is 2.40. The van der Waals surface area contributed by atoms with Crippen LogP contribution >= 0.6 is 0 Å². The number of hydrazone groups is 1. The molecule has 0 atom stereocenters. The van der Waals surface area contributed by atoms with Crippen LogP contribution in [0.4, 0.5) is 4.39 Å². The Bertz CT molecular complexity index is 570. The molecule has 5 nitrogen and oxygen atoms in total. The average molecular weight is 277 g/mol. The van der Waals surface area contributed by atoms with Gasteiger partial charge in [0.25, 0.3) is 0 Å². The normalized spacial score (nSPS) is 19.6. The van der Waals surface area contributed by atoms with Crippen LogP contribution in [0.25, 0.3) is 0 Å². The van der Waals surface area contributed by atoms with Crippen molar-refractivity contribution in [1.29, 1.82) is 0 Å². The summed E-state index contributed by atoms with van der Waals surface area (Å²) in [6.45, 7) is 1.53. The summed E-state index contributed by atoms with van der Waals surface area (Å²) in [6.07, 6.45) is 0.980. The Kier molecular flexibility index (Phi) is 3.40. The SMILES string of the molecule is COc1cc(F)ccc1C1=NN(C2CNC2)C(=O)CC1. The molecule has 0 aromatic heterocycles. The Morgan fingerprint density at radius 2 is 2.20 bits per heavy atom. The van der Waals surface area contributed by atoms with E-state index < -0.39 is 0 Å². The number of hydrogen-bond acceptors (Lipinski definition) is 4. The van der Waals surface area contributed by atoms with Crippen molar-refractivity contribution >= 4 is 11.6 Å². The maximum absolute atomic E-state index is 13.2. The van der Waals surface area contributed by atoms with Gasteiger partial charge in [-0.15, -0.1) is 0 Å². The summed E-state index contributed by atoms with van der Waals surface area (Å²) in [4.78, 5) is 11.9. The zero-order valence-corrected chi connectivity index (χ0v) is 11.2. The molecule has 2 aliphatic heterocycles. The molecule has 1 amide bonds. The maximum Gasteiger partial charge on any atom is 0.243 e. The van der Waals surface area contributed by atoms with Gasteiger partial charge in [-0.3, -0.25) is 4.79 Å². The summed E-state index contributed by atoms with van der Waals surface area (Å²) < 4.78 is 18.4. The van der Waals surface area contributed by atoms with Crippen molar-refractivity contribution in [3.63, 3.8) is 0 Å². The van der Waals surface area contributed by atoms with E-state index in [1.54, 1.807) is 11.1 Å². The van der Waals surface area contributed by atoms with Gasteiger partial charge in [0.1, 0.15) is 11.6 Å². The van der Waals surface area contributed by atoms with E-state index in [2.05, 4.69) is 10.4 Å². The van der Waals surface area contributed by atoms with Crippen LogP contribution in [0, 0.1) is 5.82 Å². The Hall–Kier alpha value is -1.95. The highest BCUT2D eigenvalue weighted by molar-refractivity contribution is 6.06. The number of hydrogen-bond donors (Lipinski definition) is 1. The molecule has 1 saturated heterocycles. The zero-order chi connectivity index (χ0) is 14.1. The molecule has 20 heavy (non-hydrogen) atoms. The number of rotatable bonds is 3. The third kappa shape index (κ3) is 2.27. The third-order valence-corrected chi connectivity index (χ3v) is 3.64. The van der Waals surface area contributed by atoms with Crippen molar-refractivity contribution in [3.05, 3.63) is 29.6 Å². The molecule has 1 N–H and O–H groups in total. The highest BCUT2D eigenvalue weighted by atomic mass is 19.1. The minimum Gasteiger partial charge on any atom is -0.496 e. The van der Waals surface area contributed by atoms with Gasteiger partial charge in [-0.2, -0.15) is 5.10 Å². The minimum atomic E-state index is -0.349. The molecule has 0 bridgehead atoms. The molecule has 0 spiro atoms. The second-order valence-electron chi connectivity index (χ2n) is 4.94. The molecule has 106 valence electrons. The molecule has 0 radical (unpaired) electrons. The molecule has 0 saturated carbocycles. The molecule has 1 fully saturated rings. The first-order valence-electron chi connectivity index (χ1n) is 6.63. The molecular weight excluding hydrogens is 261 g/mol. The Balaban J connectivity index is 1.94. The number of ether oxygens (including phenoxy) is 1. The lowest BCUT2D eigenvalue weighted by molar-refractivity contribution is -0.135. The van der Waals surface area contributed by atoms with E-state index in [0.29, 0.717) is 18.6 Å². The number of nitrogens with one attached hydrogen (secondary N) is 1. The highest BCUT2D eigenvalue weighted by Crippen LogP contribution is 2.25. The standard InChI is InChI=1S/C14H16FN3O2/c1-20-13-6-9(15)2-3-11(13)12-4-5-14(19)18(17-12)10-7-16-8-10/h2-3,6,10,16H,4-5,7-8H2,1H3. The fourth-order valence-corrected chi connectivity index (χ4v) is 2.40. The van der Waals surface area contributed by atoms with Crippen molar-refractivity contribution < 1.29 is 13.9 Å². The van der Waals surface area contributed by atoms with Crippen LogP contribution in [0.3, 0.4) is 0 Å². The molecular formula is C14H16FN3O2. The molecule has 0 aliphatic carbocycles. The third-order valence-electron chi connectivity index (χ3n) is 3.64. The van der Waals surface area contributed by atoms with Gasteiger partial charge in [0.05, 0.1) is 18.9 Å². The summed E-state index contributed by atoms with van der Waals surface area (Å²) in [5.41, 5.74) is 1.52. The molecule has 1 aromatic rings. The zero-order valence-electron chi connectivity index (χ0n) is 11.2. The van der Waals surface area contributed by atoms with Crippen LogP contribution in [0.2, 0.25) is 0 Å². The first-order chi connectivity index (χ1) is 9.69. The van der Waals surface area contributed by atoms with E-state index in [0.717, 1.165) is 24.4 Å². The van der Waals surface area contributed by atoms with E-state index in [4.69, 9.17) is 4.74 Å². The lowest BCUT2D eigenvalue weighted by atomic mass is 10.0. The number of methoxy groups -OCH3 is 1. The predicted molar refractivity (Wildman–Crippen MR) is 72.2 cm³/mol. The van der Waals surface area contributed by atoms with Crippen molar-refractivity contribution in [3.8, 4) is 5.75 Å². The lowest BCUT2D eigenvalue weighted by Gasteiger charge is -2.37. The number of carbonyl (C=O) groups is 1. The number of amides is 1. The quantitative estimate of drug-likeness (QED) is 0.901. The molecule has 0 unspecified atom stereocenters. The summed E-state index contributed by atoms with van der Waals surface area (Å²) >= 11 is 0. The molecule has 3 rings (SSSR count). The summed E-state index contributed by atoms with van der Waals surface area (Å²) in [6, 6.07) is 4.50. The van der Waals surface area contributed by atoms with E-state index in [1.165, 1.54) is 19.2 Å². The van der Waals surface area contributed by atoms with Gasteiger partial charge in [0.15, 0.2) is 0 Å². The van der Waals surface area contributed by atoms with E-state index in [9.17, 15) is 9.18 Å². The average Bonchev–Trinajstić information content (AvgIpc) is 2.39. The van der Waals surface area contributed by atoms with E-state index in [1.807, 2.05) is 0 Å². The molecule has 6 heteroatoms. The first-order valence-corrected chi connectivity index (χ1v) is 6.63. The van der Waals surface area contributed by atoms with Crippen LogP contribution < -0.4 is 10.1 Å². The molecule has 2 heterocycles. The van der Waals surface area contributed by atoms with Gasteiger partial charge >= 0.3 is 0 Å². The van der Waals surface area contributed by atoms with Gasteiger partial charge in [-0.05, 0) is 12.1 Å². The largest absolute Gasteiger partial charge is 0.496 e. The predicted octanol–water partition coefficient (Wildman–Crippen LogP) is 1.13. The van der Waals surface area contributed by atoms with Gasteiger partial charge in [0.2, 0.25) is 5.91 Å². The first kappa shape index (κ1) is 13.1. The highest BCUT2D eigenvalue weighted by Gasteiger charge is 2.32. The smallest absolute Gasteiger partial charge is 0.243 e. The van der Waals surface area contributed by atoms with Crippen molar-refractivity contribution in [2.45, 2.75) is 18.9 Å². The van der Waals surface area contributed by atoms with Crippen LogP contribution in [0.15, 0.2) is 23.3 Å². The van der Waals surface area contributed by atoms with E-state index in [-0.39, 0.29) is 17.8 Å². The van der Waals surface area contributed by atoms with Crippen LogP contribution in [-0.4, -0.2) is 42.9 Å². The summed E-state index contributed by atoms with van der Waals surface area (Å²) in [7, 11) is 1.50. The van der Waals surface area contributed by atoms with Crippen molar-refractivity contribution in [2.75, 3.05) is 20.2 Å². The van der Waals surface area contributed by atoms with Crippen LogP contribution in [0.1, 0.15) is 18.4 Å². The Labute approximate surface area is 116 Å². The Morgan fingerprint density at radius 3 is 2.85 bits per heavy atom. The Morgan fingerprint density at radius 1 is 1.40 bits per heavy atom. The number of carbonyl (C=O) groups excluding carboxylic acids is 1. The summed E-state index contributed by atoms with van der Waals surface area (Å²) in [5.74, 6) is 0.143. The number of benzene rings is 1. The fraction of sp³-hybridized carbons (Fsp3) is 0.429. The van der Waals surface area contributed by atoms with Crippen molar-refractivity contribution in [2.24, 2.45) is 5.10 Å². The number of halogens is 1. The second kappa shape index (κ2) is 5.20. The van der Waals surface area contributed by atoms with Gasteiger partial charge in [-0.1, -0.05) is 0 Å². The minimum absolute atomic E-state index is 0.0429. The van der Waals surface area contributed by atoms with Gasteiger partial charge < -0.3 is 10.1 Å². The summed E-state index contributed by atoms with van der Waals surface area (Å²) in [5, 5.41) is 9.13. The van der Waals surface area contributed by atoms with Crippen LogP contribution in [0.5, 0.6) is 5.75 Å².